The Hall–Kier alpha value is -2.18. The van der Waals surface area contributed by atoms with Gasteiger partial charge in [-0.15, -0.1) is 0 Å². The van der Waals surface area contributed by atoms with E-state index in [1.54, 1.807) is 6.92 Å². The predicted molar refractivity (Wildman–Crippen MR) is 95.9 cm³/mol. The number of allylic oxidation sites excluding steroid dienone is 1. The summed E-state index contributed by atoms with van der Waals surface area (Å²) in [5, 5.41) is 10.5. The van der Waals surface area contributed by atoms with Crippen molar-refractivity contribution in [1.29, 1.82) is 0 Å². The van der Waals surface area contributed by atoms with Crippen molar-refractivity contribution >= 4 is 11.8 Å². The van der Waals surface area contributed by atoms with Crippen molar-refractivity contribution in [3.63, 3.8) is 0 Å². The number of ether oxygens (including phenoxy) is 2. The molecule has 0 saturated carbocycles. The van der Waals surface area contributed by atoms with Crippen molar-refractivity contribution < 1.29 is 24.2 Å². The molecule has 1 aromatic carbocycles. The highest BCUT2D eigenvalue weighted by molar-refractivity contribution is 6.23. The lowest BCUT2D eigenvalue weighted by Gasteiger charge is -2.26. The lowest BCUT2D eigenvalue weighted by Crippen LogP contribution is -2.37. The van der Waals surface area contributed by atoms with Gasteiger partial charge in [0.2, 0.25) is 5.78 Å². The van der Waals surface area contributed by atoms with Crippen molar-refractivity contribution in [2.45, 2.75) is 31.8 Å². The number of aliphatic hydroxyl groups excluding tert-OH is 1. The predicted octanol–water partition coefficient (Wildman–Crippen LogP) is 2.21. The first kappa shape index (κ1) is 18.6. The van der Waals surface area contributed by atoms with Gasteiger partial charge < -0.3 is 14.6 Å². The number of carbonyl (C=O) groups is 2. The fourth-order valence-electron chi connectivity index (χ4n) is 3.37. The number of carbonyl (C=O) groups excluding carboxylic acids is 2. The van der Waals surface area contributed by atoms with E-state index in [-0.39, 0.29) is 11.3 Å². The summed E-state index contributed by atoms with van der Waals surface area (Å²) < 4.78 is 10.5. The molecule has 2 saturated heterocycles. The van der Waals surface area contributed by atoms with Crippen LogP contribution in [-0.4, -0.2) is 60.7 Å². The zero-order chi connectivity index (χ0) is 18.5. The third kappa shape index (κ3) is 4.14. The lowest BCUT2D eigenvalue weighted by molar-refractivity contribution is -0.141. The average molecular weight is 359 g/mol. The summed E-state index contributed by atoms with van der Waals surface area (Å²) in [7, 11) is 0. The Bertz CT molecular complexity index is 679. The van der Waals surface area contributed by atoms with Crippen molar-refractivity contribution in [2.24, 2.45) is 0 Å². The number of hydrogen-bond acceptors (Lipinski definition) is 6. The normalized spacial score (nSPS) is 24.4. The topological polar surface area (TPSA) is 76.1 Å². The van der Waals surface area contributed by atoms with Gasteiger partial charge in [0.05, 0.1) is 13.2 Å². The van der Waals surface area contributed by atoms with E-state index in [0.717, 1.165) is 44.8 Å². The van der Waals surface area contributed by atoms with Crippen LogP contribution in [0.2, 0.25) is 0 Å². The third-order valence-electron chi connectivity index (χ3n) is 5.00. The molecule has 6 nitrogen and oxygen atoms in total. The Morgan fingerprint density at radius 1 is 1.23 bits per heavy atom. The smallest absolute Gasteiger partial charge is 0.346 e. The fraction of sp³-hybridized carbons (Fsp3) is 0.500. The molecule has 2 fully saturated rings. The van der Waals surface area contributed by atoms with Gasteiger partial charge in [-0.05, 0) is 24.9 Å². The van der Waals surface area contributed by atoms with E-state index in [2.05, 4.69) is 4.90 Å². The van der Waals surface area contributed by atoms with Crippen LogP contribution in [0.3, 0.4) is 0 Å². The van der Waals surface area contributed by atoms with E-state index in [9.17, 15) is 14.7 Å². The summed E-state index contributed by atoms with van der Waals surface area (Å²) in [6, 6.07) is 9.29. The van der Waals surface area contributed by atoms with Crippen LogP contribution in [0.4, 0.5) is 0 Å². The maximum Gasteiger partial charge on any atom is 0.346 e. The Morgan fingerprint density at radius 3 is 2.62 bits per heavy atom. The number of cyclic esters (lactones) is 1. The first-order chi connectivity index (χ1) is 12.6. The van der Waals surface area contributed by atoms with Gasteiger partial charge in [-0.25, -0.2) is 4.79 Å². The number of nitrogens with zero attached hydrogens (tertiary/aromatic N) is 1. The molecular weight excluding hydrogens is 334 g/mol. The summed E-state index contributed by atoms with van der Waals surface area (Å²) in [5.74, 6) is -1.76. The zero-order valence-electron chi connectivity index (χ0n) is 15.0. The van der Waals surface area contributed by atoms with Gasteiger partial charge in [0.1, 0.15) is 11.3 Å². The van der Waals surface area contributed by atoms with E-state index in [1.807, 2.05) is 30.3 Å². The number of rotatable bonds is 6. The highest BCUT2D eigenvalue weighted by Crippen LogP contribution is 2.30. The average Bonchev–Trinajstić information content (AvgIpc) is 2.95. The number of ketones is 1. The number of benzene rings is 1. The summed E-state index contributed by atoms with van der Waals surface area (Å²) in [6.07, 6.45) is 0.438. The fourth-order valence-corrected chi connectivity index (χ4v) is 3.37. The van der Waals surface area contributed by atoms with Gasteiger partial charge >= 0.3 is 5.97 Å². The molecule has 3 rings (SSSR count). The molecule has 140 valence electrons. The van der Waals surface area contributed by atoms with Crippen LogP contribution in [0.25, 0.3) is 0 Å². The van der Waals surface area contributed by atoms with Crippen molar-refractivity contribution in [1.82, 2.24) is 4.90 Å². The molecule has 0 bridgehead atoms. The molecule has 0 spiro atoms. The highest BCUT2D eigenvalue weighted by Gasteiger charge is 2.41. The molecular formula is C20H25NO5. The van der Waals surface area contributed by atoms with E-state index in [0.29, 0.717) is 6.42 Å². The molecule has 0 aromatic heterocycles. The van der Waals surface area contributed by atoms with E-state index in [1.165, 1.54) is 0 Å². The first-order valence-electron chi connectivity index (χ1n) is 9.11. The van der Waals surface area contributed by atoms with Crippen LogP contribution in [0.1, 0.15) is 31.2 Å². The minimum Gasteiger partial charge on any atom is -0.511 e. The highest BCUT2D eigenvalue weighted by atomic mass is 16.6. The summed E-state index contributed by atoms with van der Waals surface area (Å²) >= 11 is 0. The Labute approximate surface area is 153 Å². The molecule has 2 unspecified atom stereocenters. The molecule has 2 heterocycles. The van der Waals surface area contributed by atoms with Gasteiger partial charge in [-0.2, -0.15) is 0 Å². The molecule has 6 heteroatoms. The maximum absolute atomic E-state index is 12.6. The van der Waals surface area contributed by atoms with Gasteiger partial charge in [-0.3, -0.25) is 9.69 Å². The van der Waals surface area contributed by atoms with Crippen molar-refractivity contribution in [3.8, 4) is 0 Å². The quantitative estimate of drug-likeness (QED) is 0.363. The lowest BCUT2D eigenvalue weighted by atomic mass is 9.94. The van der Waals surface area contributed by atoms with Gasteiger partial charge in [-0.1, -0.05) is 37.3 Å². The molecule has 26 heavy (non-hydrogen) atoms. The van der Waals surface area contributed by atoms with Gasteiger partial charge in [0.15, 0.2) is 6.10 Å². The monoisotopic (exact) mass is 359 g/mol. The second-order valence-electron chi connectivity index (χ2n) is 6.75. The van der Waals surface area contributed by atoms with Crippen LogP contribution in [0, 0.1) is 0 Å². The Kier molecular flexibility index (Phi) is 6.06. The summed E-state index contributed by atoms with van der Waals surface area (Å²) in [6.45, 7) is 5.85. The molecule has 0 radical (unpaired) electrons. The number of hydrogen-bond donors (Lipinski definition) is 1. The number of Topliss-reactive ketones (excluding diaryl/α,β-unsaturated/α-hetero) is 1. The van der Waals surface area contributed by atoms with Crippen molar-refractivity contribution in [3.05, 3.63) is 47.2 Å². The van der Waals surface area contributed by atoms with E-state index >= 15 is 0 Å². The number of aliphatic hydroxyl groups is 1. The minimum absolute atomic E-state index is 0.197. The summed E-state index contributed by atoms with van der Waals surface area (Å²) in [5.41, 5.74) is 0.645. The van der Waals surface area contributed by atoms with Gasteiger partial charge in [0, 0.05) is 19.0 Å². The molecule has 2 atom stereocenters. The second-order valence-corrected chi connectivity index (χ2v) is 6.75. The standard InChI is InChI=1S/C20H25NO5/c1-14(15-6-3-2-4-7-15)18(22)17-19(23)16(26-20(17)24)8-5-9-21-10-12-25-13-11-21/h2-4,6-7,14,16,22H,5,8-13H2,1H3. The SMILES string of the molecule is CC(C(O)=C1C(=O)OC(CCCN2CCOCC2)C1=O)c1ccccc1. The van der Waals surface area contributed by atoms with Crippen molar-refractivity contribution in [2.75, 3.05) is 32.8 Å². The summed E-state index contributed by atoms with van der Waals surface area (Å²) in [4.78, 5) is 27.0. The minimum atomic E-state index is -0.788. The van der Waals surface area contributed by atoms with E-state index < -0.39 is 23.8 Å². The number of morpholine rings is 1. The van der Waals surface area contributed by atoms with Gasteiger partial charge in [0.25, 0.3) is 0 Å². The Morgan fingerprint density at radius 2 is 1.92 bits per heavy atom. The zero-order valence-corrected chi connectivity index (χ0v) is 15.0. The molecule has 1 N–H and O–H groups in total. The second kappa shape index (κ2) is 8.47. The molecule has 2 aliphatic rings. The Balaban J connectivity index is 1.62. The third-order valence-corrected chi connectivity index (χ3v) is 5.00. The largest absolute Gasteiger partial charge is 0.511 e. The molecule has 0 amide bonds. The van der Waals surface area contributed by atoms with Crippen LogP contribution >= 0.6 is 0 Å². The van der Waals surface area contributed by atoms with Crippen LogP contribution in [-0.2, 0) is 19.1 Å². The molecule has 0 aliphatic carbocycles. The van der Waals surface area contributed by atoms with E-state index in [4.69, 9.17) is 9.47 Å². The molecule has 2 aliphatic heterocycles. The number of esters is 1. The maximum atomic E-state index is 12.6. The van der Waals surface area contributed by atoms with Crippen LogP contribution < -0.4 is 0 Å². The first-order valence-corrected chi connectivity index (χ1v) is 9.11. The van der Waals surface area contributed by atoms with Crippen LogP contribution in [0.15, 0.2) is 41.7 Å². The molecule has 1 aromatic rings. The van der Waals surface area contributed by atoms with Crippen LogP contribution in [0.5, 0.6) is 0 Å².